The fourth-order valence-corrected chi connectivity index (χ4v) is 3.05. The van der Waals surface area contributed by atoms with Crippen LogP contribution in [0.25, 0.3) is 5.57 Å². The Morgan fingerprint density at radius 1 is 1.25 bits per heavy atom. The lowest BCUT2D eigenvalue weighted by molar-refractivity contribution is -0.103. The van der Waals surface area contributed by atoms with Gasteiger partial charge in [0.1, 0.15) is 6.61 Å². The van der Waals surface area contributed by atoms with E-state index in [1.54, 1.807) is 30.3 Å². The third kappa shape index (κ3) is 3.73. The molecular weight excluding hydrogens is 364 g/mol. The number of aromatic nitrogens is 2. The predicted molar refractivity (Wildman–Crippen MR) is 99.6 cm³/mol. The van der Waals surface area contributed by atoms with Crippen LogP contribution in [0.5, 0.6) is 0 Å². The molecule has 2 atom stereocenters. The second-order valence-corrected chi connectivity index (χ2v) is 6.35. The molecule has 0 spiro atoms. The molecule has 1 aliphatic carbocycles. The van der Waals surface area contributed by atoms with E-state index in [1.165, 1.54) is 10.8 Å². The number of carbonyl (C=O) groups is 1. The van der Waals surface area contributed by atoms with Crippen LogP contribution in [0.15, 0.2) is 64.3 Å². The number of nitrogens with zero attached hydrogens (tertiary/aromatic N) is 1. The fraction of sp³-hybridized carbons (Fsp3) is 0.250. The van der Waals surface area contributed by atoms with Gasteiger partial charge in [-0.25, -0.2) is 9.59 Å². The Hall–Kier alpha value is -3.23. The highest BCUT2D eigenvalue weighted by Crippen LogP contribution is 2.23. The van der Waals surface area contributed by atoms with Crippen LogP contribution >= 0.6 is 0 Å². The normalized spacial score (nSPS) is 20.9. The minimum atomic E-state index is -0.799. The van der Waals surface area contributed by atoms with Crippen LogP contribution in [-0.2, 0) is 14.2 Å². The van der Waals surface area contributed by atoms with Crippen molar-refractivity contribution >= 4 is 11.5 Å². The first kappa shape index (κ1) is 18.1. The van der Waals surface area contributed by atoms with Crippen molar-refractivity contribution in [1.29, 1.82) is 0 Å². The summed E-state index contributed by atoms with van der Waals surface area (Å²) in [5.74, 6) is -0.486. The van der Waals surface area contributed by atoms with Crippen LogP contribution < -0.4 is 11.2 Å². The second-order valence-electron chi connectivity index (χ2n) is 6.35. The molecule has 1 aromatic carbocycles. The maximum atomic E-state index is 12.2. The molecule has 0 amide bonds. The Labute approximate surface area is 159 Å². The summed E-state index contributed by atoms with van der Waals surface area (Å²) in [6, 6.07) is 8.58. The number of rotatable bonds is 5. The van der Waals surface area contributed by atoms with Gasteiger partial charge in [-0.3, -0.25) is 14.3 Å². The van der Waals surface area contributed by atoms with E-state index in [2.05, 4.69) is 4.98 Å². The summed E-state index contributed by atoms with van der Waals surface area (Å²) in [6.07, 6.45) is 6.20. The topological polar surface area (TPSA) is 99.6 Å². The Morgan fingerprint density at radius 2 is 2.07 bits per heavy atom. The SMILES string of the molecule is O=C(OCC1OCC(n2cc(C3=CC=CC3)c(=O)[nH]c2=O)O1)c1ccccc1. The number of H-pyrrole nitrogens is 1. The molecule has 8 heteroatoms. The number of benzene rings is 1. The number of hydrogen-bond acceptors (Lipinski definition) is 6. The van der Waals surface area contributed by atoms with E-state index in [4.69, 9.17) is 14.2 Å². The van der Waals surface area contributed by atoms with E-state index in [0.717, 1.165) is 5.57 Å². The zero-order valence-electron chi connectivity index (χ0n) is 14.9. The van der Waals surface area contributed by atoms with Crippen molar-refractivity contribution < 1.29 is 19.0 Å². The van der Waals surface area contributed by atoms with Crippen molar-refractivity contribution in [3.05, 3.63) is 86.7 Å². The van der Waals surface area contributed by atoms with E-state index in [9.17, 15) is 14.4 Å². The van der Waals surface area contributed by atoms with E-state index in [0.29, 0.717) is 17.5 Å². The van der Waals surface area contributed by atoms with E-state index in [1.807, 2.05) is 18.2 Å². The van der Waals surface area contributed by atoms with Crippen molar-refractivity contribution in [2.24, 2.45) is 0 Å². The molecule has 28 heavy (non-hydrogen) atoms. The van der Waals surface area contributed by atoms with Gasteiger partial charge < -0.3 is 14.2 Å². The van der Waals surface area contributed by atoms with Crippen molar-refractivity contribution in [1.82, 2.24) is 9.55 Å². The van der Waals surface area contributed by atoms with Crippen LogP contribution in [0.4, 0.5) is 0 Å². The maximum absolute atomic E-state index is 12.2. The molecule has 1 fully saturated rings. The molecule has 2 aromatic rings. The Bertz CT molecular complexity index is 1050. The number of allylic oxidation sites excluding steroid dienone is 4. The molecule has 8 nitrogen and oxygen atoms in total. The smallest absolute Gasteiger partial charge is 0.338 e. The van der Waals surface area contributed by atoms with Crippen molar-refractivity contribution in [2.45, 2.75) is 18.9 Å². The largest absolute Gasteiger partial charge is 0.457 e. The molecule has 2 aliphatic rings. The maximum Gasteiger partial charge on any atom is 0.338 e. The van der Waals surface area contributed by atoms with E-state index >= 15 is 0 Å². The van der Waals surface area contributed by atoms with Gasteiger partial charge in [-0.2, -0.15) is 0 Å². The molecule has 4 rings (SSSR count). The number of nitrogens with one attached hydrogen (secondary N) is 1. The average molecular weight is 382 g/mol. The quantitative estimate of drug-likeness (QED) is 0.789. The summed E-state index contributed by atoms with van der Waals surface area (Å²) in [5.41, 5.74) is 0.630. The van der Waals surface area contributed by atoms with Gasteiger partial charge in [0, 0.05) is 6.20 Å². The first-order chi connectivity index (χ1) is 13.6. The third-order valence-corrected chi connectivity index (χ3v) is 4.49. The molecule has 1 saturated heterocycles. The minimum Gasteiger partial charge on any atom is -0.457 e. The predicted octanol–water partition coefficient (Wildman–Crippen LogP) is 1.61. The number of esters is 1. The van der Waals surface area contributed by atoms with Gasteiger partial charge >= 0.3 is 11.7 Å². The number of aromatic amines is 1. The van der Waals surface area contributed by atoms with Crippen LogP contribution in [0.1, 0.15) is 28.6 Å². The van der Waals surface area contributed by atoms with Gasteiger partial charge in [0.05, 0.1) is 17.7 Å². The van der Waals surface area contributed by atoms with Crippen LogP contribution in [-0.4, -0.2) is 35.0 Å². The Morgan fingerprint density at radius 3 is 2.82 bits per heavy atom. The zero-order valence-corrected chi connectivity index (χ0v) is 14.9. The number of ether oxygens (including phenoxy) is 3. The summed E-state index contributed by atoms with van der Waals surface area (Å²) >= 11 is 0. The van der Waals surface area contributed by atoms with Crippen LogP contribution in [0, 0.1) is 0 Å². The monoisotopic (exact) mass is 382 g/mol. The lowest BCUT2D eigenvalue weighted by atomic mass is 10.1. The first-order valence-corrected chi connectivity index (χ1v) is 8.82. The van der Waals surface area contributed by atoms with Gasteiger partial charge in [-0.1, -0.05) is 36.4 Å². The molecule has 144 valence electrons. The summed E-state index contributed by atoms with van der Waals surface area (Å²) in [5, 5.41) is 0. The summed E-state index contributed by atoms with van der Waals surface area (Å²) < 4.78 is 17.6. The van der Waals surface area contributed by atoms with Gasteiger partial charge in [0.2, 0.25) is 0 Å². The van der Waals surface area contributed by atoms with Crippen LogP contribution in [0.2, 0.25) is 0 Å². The lowest BCUT2D eigenvalue weighted by Crippen LogP contribution is -2.34. The molecule has 0 saturated carbocycles. The molecule has 2 heterocycles. The highest BCUT2D eigenvalue weighted by molar-refractivity contribution is 5.89. The summed E-state index contributed by atoms with van der Waals surface area (Å²) in [4.78, 5) is 38.6. The highest BCUT2D eigenvalue weighted by Gasteiger charge is 2.30. The van der Waals surface area contributed by atoms with Crippen molar-refractivity contribution in [3.63, 3.8) is 0 Å². The summed E-state index contributed by atoms with van der Waals surface area (Å²) in [7, 11) is 0. The number of hydrogen-bond donors (Lipinski definition) is 1. The molecule has 0 bridgehead atoms. The van der Waals surface area contributed by atoms with Crippen molar-refractivity contribution in [2.75, 3.05) is 13.2 Å². The Balaban J connectivity index is 1.43. The summed E-state index contributed by atoms with van der Waals surface area (Å²) in [6.45, 7) is -0.0134. The molecule has 0 radical (unpaired) electrons. The lowest BCUT2D eigenvalue weighted by Gasteiger charge is -2.15. The minimum absolute atomic E-state index is 0.0935. The standard InChI is InChI=1S/C20H18N2O6/c23-18-15(13-6-4-5-7-13)10-22(20(25)21-18)16-11-26-17(28-16)12-27-19(24)14-8-2-1-3-9-14/h1-6,8-10,16-17H,7,11-12H2,(H,21,23,25). The van der Waals surface area contributed by atoms with Gasteiger partial charge in [0.15, 0.2) is 12.5 Å². The van der Waals surface area contributed by atoms with Crippen molar-refractivity contribution in [3.8, 4) is 0 Å². The highest BCUT2D eigenvalue weighted by atomic mass is 16.7. The third-order valence-electron chi connectivity index (χ3n) is 4.49. The molecule has 1 aliphatic heterocycles. The molecule has 1 N–H and O–H groups in total. The van der Waals surface area contributed by atoms with E-state index < -0.39 is 29.7 Å². The molecule has 2 unspecified atom stereocenters. The first-order valence-electron chi connectivity index (χ1n) is 8.82. The second kappa shape index (κ2) is 7.79. The molecule has 1 aromatic heterocycles. The van der Waals surface area contributed by atoms with Crippen LogP contribution in [0.3, 0.4) is 0 Å². The van der Waals surface area contributed by atoms with E-state index in [-0.39, 0.29) is 13.2 Å². The van der Waals surface area contributed by atoms with Gasteiger partial charge in [0.25, 0.3) is 5.56 Å². The number of carbonyl (C=O) groups excluding carboxylic acids is 1. The average Bonchev–Trinajstić information content (AvgIpc) is 3.39. The van der Waals surface area contributed by atoms with Gasteiger partial charge in [-0.05, 0) is 24.1 Å². The Kier molecular flexibility index (Phi) is 5.05. The molecular formula is C20H18N2O6. The zero-order chi connectivity index (χ0) is 19.5. The fourth-order valence-electron chi connectivity index (χ4n) is 3.05. The van der Waals surface area contributed by atoms with Gasteiger partial charge in [-0.15, -0.1) is 0 Å².